The van der Waals surface area contributed by atoms with Crippen molar-refractivity contribution in [2.75, 3.05) is 18.4 Å². The van der Waals surface area contributed by atoms with Gasteiger partial charge in [0, 0.05) is 43.9 Å². The molecule has 0 aliphatic carbocycles. The van der Waals surface area contributed by atoms with Gasteiger partial charge in [0.25, 0.3) is 0 Å². The molecule has 0 unspecified atom stereocenters. The summed E-state index contributed by atoms with van der Waals surface area (Å²) in [6.07, 6.45) is 1.86. The number of thiocarbonyl (C=S) groups is 1. The van der Waals surface area contributed by atoms with E-state index in [1.165, 1.54) is 17.7 Å². The Morgan fingerprint density at radius 1 is 1.04 bits per heavy atom. The molecule has 2 aromatic rings. The minimum absolute atomic E-state index is 0.271. The highest BCUT2D eigenvalue weighted by Crippen LogP contribution is 2.12. The number of benzene rings is 2. The fourth-order valence-corrected chi connectivity index (χ4v) is 2.91. The molecule has 2 N–H and O–H groups in total. The molecule has 1 aliphatic heterocycles. The van der Waals surface area contributed by atoms with Crippen molar-refractivity contribution < 1.29 is 4.39 Å². The number of halogens is 1. The van der Waals surface area contributed by atoms with Crippen LogP contribution in [-0.2, 0) is 6.54 Å². The molecular formula is C19H21FN4S. The van der Waals surface area contributed by atoms with Crippen LogP contribution in [0.25, 0.3) is 0 Å². The van der Waals surface area contributed by atoms with Crippen LogP contribution in [0.1, 0.15) is 18.4 Å². The second-order valence-electron chi connectivity index (χ2n) is 6.01. The summed E-state index contributed by atoms with van der Waals surface area (Å²) in [5.74, 6) is -0.271. The summed E-state index contributed by atoms with van der Waals surface area (Å²) in [5, 5.41) is 7.80. The predicted molar refractivity (Wildman–Crippen MR) is 104 cm³/mol. The number of hydrazone groups is 1. The first-order valence-electron chi connectivity index (χ1n) is 8.33. The third kappa shape index (κ3) is 5.62. The first kappa shape index (κ1) is 17.5. The van der Waals surface area contributed by atoms with Gasteiger partial charge in [-0.3, -0.25) is 10.3 Å². The molecule has 0 aromatic heterocycles. The Hall–Kier alpha value is -2.31. The van der Waals surface area contributed by atoms with E-state index in [9.17, 15) is 4.39 Å². The summed E-state index contributed by atoms with van der Waals surface area (Å²) in [4.78, 5) is 2.43. The zero-order valence-electron chi connectivity index (χ0n) is 13.9. The third-order valence-electron chi connectivity index (χ3n) is 4.10. The van der Waals surface area contributed by atoms with E-state index >= 15 is 0 Å². The van der Waals surface area contributed by atoms with Gasteiger partial charge in [-0.05, 0) is 42.0 Å². The Labute approximate surface area is 152 Å². The van der Waals surface area contributed by atoms with Crippen molar-refractivity contribution in [2.24, 2.45) is 5.10 Å². The molecule has 0 amide bonds. The van der Waals surface area contributed by atoms with Crippen LogP contribution in [0.3, 0.4) is 0 Å². The number of rotatable bonds is 4. The van der Waals surface area contributed by atoms with Crippen molar-refractivity contribution in [1.29, 1.82) is 0 Å². The van der Waals surface area contributed by atoms with Crippen molar-refractivity contribution in [2.45, 2.75) is 19.4 Å². The first-order valence-corrected chi connectivity index (χ1v) is 8.74. The van der Waals surface area contributed by atoms with Crippen molar-refractivity contribution in [1.82, 2.24) is 10.3 Å². The quantitative estimate of drug-likeness (QED) is 0.646. The summed E-state index contributed by atoms with van der Waals surface area (Å²) in [7, 11) is 0. The zero-order valence-corrected chi connectivity index (χ0v) is 14.7. The van der Waals surface area contributed by atoms with Gasteiger partial charge >= 0.3 is 0 Å². The van der Waals surface area contributed by atoms with Crippen LogP contribution >= 0.6 is 12.2 Å². The number of nitrogens with zero attached hydrogens (tertiary/aromatic N) is 2. The van der Waals surface area contributed by atoms with Crippen LogP contribution in [-0.4, -0.2) is 28.8 Å². The average molecular weight is 356 g/mol. The van der Waals surface area contributed by atoms with Gasteiger partial charge in [-0.1, -0.05) is 30.3 Å². The molecule has 4 nitrogen and oxygen atoms in total. The summed E-state index contributed by atoms with van der Waals surface area (Å²) in [6.45, 7) is 2.97. The van der Waals surface area contributed by atoms with Gasteiger partial charge in [-0.15, -0.1) is 0 Å². The number of hydrogen-bond acceptors (Lipinski definition) is 3. The Kier molecular flexibility index (Phi) is 6.09. The maximum Gasteiger partial charge on any atom is 0.191 e. The molecule has 1 heterocycles. The number of hydrogen-bond donors (Lipinski definition) is 2. The van der Waals surface area contributed by atoms with Crippen molar-refractivity contribution in [3.63, 3.8) is 0 Å². The Bertz CT molecular complexity index is 721. The molecule has 3 rings (SSSR count). The van der Waals surface area contributed by atoms with Gasteiger partial charge in [-0.2, -0.15) is 5.10 Å². The van der Waals surface area contributed by atoms with E-state index in [0.29, 0.717) is 5.11 Å². The fraction of sp³-hybridized carbons (Fsp3) is 0.263. The molecule has 0 spiro atoms. The smallest absolute Gasteiger partial charge is 0.191 e. The van der Waals surface area contributed by atoms with Gasteiger partial charge in [-0.25, -0.2) is 4.39 Å². The summed E-state index contributed by atoms with van der Waals surface area (Å²) in [6, 6.07) is 16.6. The molecule has 0 atom stereocenters. The fourth-order valence-electron chi connectivity index (χ4n) is 2.74. The Morgan fingerprint density at radius 2 is 1.72 bits per heavy atom. The Balaban J connectivity index is 1.43. The molecule has 130 valence electrons. The number of piperidine rings is 1. The number of nitrogens with one attached hydrogen (secondary N) is 2. The van der Waals surface area contributed by atoms with E-state index in [0.717, 1.165) is 43.9 Å². The maximum atomic E-state index is 12.9. The van der Waals surface area contributed by atoms with Crippen LogP contribution in [0, 0.1) is 5.82 Å². The number of likely N-dealkylation sites (tertiary alicyclic amines) is 1. The van der Waals surface area contributed by atoms with Crippen LogP contribution in [0.4, 0.5) is 10.1 Å². The summed E-state index contributed by atoms with van der Waals surface area (Å²) >= 11 is 5.21. The minimum Gasteiger partial charge on any atom is -0.331 e. The highest BCUT2D eigenvalue weighted by atomic mass is 32.1. The number of anilines is 1. The Morgan fingerprint density at radius 3 is 2.40 bits per heavy atom. The van der Waals surface area contributed by atoms with Crippen molar-refractivity contribution in [3.05, 3.63) is 66.0 Å². The molecule has 2 aromatic carbocycles. The molecule has 1 fully saturated rings. The van der Waals surface area contributed by atoms with Crippen LogP contribution in [0.2, 0.25) is 0 Å². The molecule has 0 bridgehead atoms. The SMILES string of the molecule is Fc1ccc(NC(=S)NN=C2CCN(Cc3ccccc3)CC2)cc1. The normalized spacial score (nSPS) is 14.8. The zero-order chi connectivity index (χ0) is 17.5. The van der Waals surface area contributed by atoms with Gasteiger partial charge in [0.05, 0.1) is 0 Å². The van der Waals surface area contributed by atoms with Gasteiger partial charge in [0.1, 0.15) is 5.82 Å². The van der Waals surface area contributed by atoms with Gasteiger partial charge in [0.15, 0.2) is 5.11 Å². The lowest BCUT2D eigenvalue weighted by molar-refractivity contribution is 0.266. The molecule has 1 aliphatic rings. The molecule has 1 saturated heterocycles. The van der Waals surface area contributed by atoms with Crippen molar-refractivity contribution >= 4 is 28.7 Å². The van der Waals surface area contributed by atoms with E-state index in [2.05, 4.69) is 45.0 Å². The van der Waals surface area contributed by atoms with Crippen LogP contribution < -0.4 is 10.7 Å². The lowest BCUT2D eigenvalue weighted by Gasteiger charge is -2.27. The summed E-state index contributed by atoms with van der Waals surface area (Å²) in [5.41, 5.74) is 6.07. The highest BCUT2D eigenvalue weighted by Gasteiger charge is 2.15. The van der Waals surface area contributed by atoms with E-state index in [4.69, 9.17) is 12.2 Å². The molecule has 0 saturated carbocycles. The lowest BCUT2D eigenvalue weighted by Crippen LogP contribution is -2.35. The van der Waals surface area contributed by atoms with Crippen molar-refractivity contribution in [3.8, 4) is 0 Å². The topological polar surface area (TPSA) is 39.7 Å². The molecule has 6 heteroatoms. The van der Waals surface area contributed by atoms with Gasteiger partial charge in [0.2, 0.25) is 0 Å². The average Bonchev–Trinajstić information content (AvgIpc) is 2.64. The maximum absolute atomic E-state index is 12.9. The van der Waals surface area contributed by atoms with E-state index < -0.39 is 0 Å². The standard InChI is InChI=1S/C19H21FN4S/c20-16-6-8-17(9-7-16)21-19(25)23-22-18-10-12-24(13-11-18)14-15-4-2-1-3-5-15/h1-9H,10-14H2,(H2,21,23,25). The van der Waals surface area contributed by atoms with E-state index in [1.54, 1.807) is 12.1 Å². The molecule has 25 heavy (non-hydrogen) atoms. The molecular weight excluding hydrogens is 335 g/mol. The monoisotopic (exact) mass is 356 g/mol. The second kappa shape index (κ2) is 8.69. The van der Waals surface area contributed by atoms with Crippen LogP contribution in [0.5, 0.6) is 0 Å². The first-order chi connectivity index (χ1) is 12.2. The third-order valence-corrected chi connectivity index (χ3v) is 4.29. The second-order valence-corrected chi connectivity index (χ2v) is 6.42. The van der Waals surface area contributed by atoms with E-state index in [1.807, 2.05) is 6.07 Å². The van der Waals surface area contributed by atoms with Gasteiger partial charge < -0.3 is 5.32 Å². The lowest BCUT2D eigenvalue weighted by atomic mass is 10.1. The van der Waals surface area contributed by atoms with E-state index in [-0.39, 0.29) is 5.82 Å². The van der Waals surface area contributed by atoms with Crippen LogP contribution in [0.15, 0.2) is 59.7 Å². The predicted octanol–water partition coefficient (Wildman–Crippen LogP) is 3.76. The summed E-state index contributed by atoms with van der Waals surface area (Å²) < 4.78 is 12.9. The minimum atomic E-state index is -0.271. The highest BCUT2D eigenvalue weighted by molar-refractivity contribution is 7.80. The molecule has 0 radical (unpaired) electrons. The largest absolute Gasteiger partial charge is 0.331 e.